The predicted molar refractivity (Wildman–Crippen MR) is 120 cm³/mol. The molecule has 0 amide bonds. The number of nitro groups is 1. The molecule has 0 radical (unpaired) electrons. The van der Waals surface area contributed by atoms with E-state index < -0.39 is 4.92 Å². The molecule has 1 aromatic carbocycles. The van der Waals surface area contributed by atoms with Crippen molar-refractivity contribution < 1.29 is 9.66 Å². The van der Waals surface area contributed by atoms with Crippen molar-refractivity contribution in [3.05, 3.63) is 62.3 Å². The van der Waals surface area contributed by atoms with E-state index >= 15 is 0 Å². The molecule has 0 aliphatic rings. The van der Waals surface area contributed by atoms with E-state index in [0.29, 0.717) is 25.7 Å². The second-order valence-corrected chi connectivity index (χ2v) is 6.61. The molecule has 2 aromatic rings. The van der Waals surface area contributed by atoms with Crippen LogP contribution in [0.2, 0.25) is 0 Å². The lowest BCUT2D eigenvalue weighted by Gasteiger charge is -2.19. The van der Waals surface area contributed by atoms with E-state index in [1.54, 1.807) is 30.6 Å². The first-order valence-corrected chi connectivity index (χ1v) is 9.32. The number of non-ortho nitro benzene ring substituents is 1. The fourth-order valence-electron chi connectivity index (χ4n) is 2.35. The molecule has 2 N–H and O–H groups in total. The van der Waals surface area contributed by atoms with Gasteiger partial charge in [0, 0.05) is 30.7 Å². The molecule has 1 aromatic heterocycles. The molecule has 0 fully saturated rings. The molecular formula is C18H25IN4O3S. The minimum absolute atomic E-state index is 0. The minimum atomic E-state index is -0.404. The molecule has 1 unspecified atom stereocenters. The van der Waals surface area contributed by atoms with E-state index in [4.69, 9.17) is 4.74 Å². The van der Waals surface area contributed by atoms with Gasteiger partial charge in [-0.05, 0) is 23.4 Å². The molecule has 0 aliphatic heterocycles. The zero-order chi connectivity index (χ0) is 18.8. The highest BCUT2D eigenvalue weighted by atomic mass is 127. The molecule has 9 heteroatoms. The molecule has 1 heterocycles. The SMILES string of the molecule is CCC(NC(=NCc1ccc([N+](=O)[O-])cc1)NCCOC)c1cccs1.I. The zero-order valence-electron chi connectivity index (χ0n) is 15.4. The fourth-order valence-corrected chi connectivity index (χ4v) is 3.21. The van der Waals surface area contributed by atoms with Gasteiger partial charge in [0.1, 0.15) is 0 Å². The monoisotopic (exact) mass is 504 g/mol. The molecule has 0 aliphatic carbocycles. The van der Waals surface area contributed by atoms with E-state index in [1.165, 1.54) is 17.0 Å². The van der Waals surface area contributed by atoms with E-state index in [2.05, 4.69) is 34.0 Å². The normalized spacial score (nSPS) is 12.1. The number of aliphatic imine (C=N–C) groups is 1. The van der Waals surface area contributed by atoms with Gasteiger partial charge in [-0.1, -0.05) is 25.1 Å². The van der Waals surface area contributed by atoms with Gasteiger partial charge in [0.05, 0.1) is 24.1 Å². The number of thiophene rings is 1. The third kappa shape index (κ3) is 7.81. The molecule has 1 atom stereocenters. The second-order valence-electron chi connectivity index (χ2n) is 5.63. The summed E-state index contributed by atoms with van der Waals surface area (Å²) in [7, 11) is 1.66. The van der Waals surface area contributed by atoms with Gasteiger partial charge in [0.25, 0.3) is 5.69 Å². The Morgan fingerprint density at radius 1 is 1.33 bits per heavy atom. The van der Waals surface area contributed by atoms with Crippen LogP contribution in [0.3, 0.4) is 0 Å². The summed E-state index contributed by atoms with van der Waals surface area (Å²) in [6, 6.07) is 10.8. The summed E-state index contributed by atoms with van der Waals surface area (Å²) in [5.74, 6) is 0.695. The lowest BCUT2D eigenvalue weighted by Crippen LogP contribution is -2.40. The largest absolute Gasteiger partial charge is 0.383 e. The smallest absolute Gasteiger partial charge is 0.269 e. The van der Waals surface area contributed by atoms with Gasteiger partial charge >= 0.3 is 0 Å². The first kappa shape index (κ1) is 23.3. The summed E-state index contributed by atoms with van der Waals surface area (Å²) < 4.78 is 5.09. The third-order valence-electron chi connectivity index (χ3n) is 3.77. The van der Waals surface area contributed by atoms with Crippen LogP contribution in [0.4, 0.5) is 5.69 Å². The maximum absolute atomic E-state index is 10.7. The van der Waals surface area contributed by atoms with Crippen LogP contribution >= 0.6 is 35.3 Å². The van der Waals surface area contributed by atoms with E-state index in [0.717, 1.165) is 12.0 Å². The highest BCUT2D eigenvalue weighted by Gasteiger charge is 2.12. The van der Waals surface area contributed by atoms with Crippen LogP contribution in [0.5, 0.6) is 0 Å². The molecule has 0 spiro atoms. The topological polar surface area (TPSA) is 88.8 Å². The Labute approximate surface area is 180 Å². The minimum Gasteiger partial charge on any atom is -0.383 e. The molecular weight excluding hydrogens is 479 g/mol. The average Bonchev–Trinajstić information content (AvgIpc) is 3.18. The van der Waals surface area contributed by atoms with E-state index in [9.17, 15) is 10.1 Å². The van der Waals surface area contributed by atoms with Gasteiger partial charge in [-0.15, -0.1) is 35.3 Å². The highest BCUT2D eigenvalue weighted by Crippen LogP contribution is 2.21. The van der Waals surface area contributed by atoms with Crippen molar-refractivity contribution in [3.63, 3.8) is 0 Å². The lowest BCUT2D eigenvalue weighted by molar-refractivity contribution is -0.384. The van der Waals surface area contributed by atoms with Gasteiger partial charge in [-0.25, -0.2) is 4.99 Å². The van der Waals surface area contributed by atoms with Crippen LogP contribution < -0.4 is 10.6 Å². The molecule has 0 saturated carbocycles. The van der Waals surface area contributed by atoms with Gasteiger partial charge in [-0.2, -0.15) is 0 Å². The lowest BCUT2D eigenvalue weighted by atomic mass is 10.2. The van der Waals surface area contributed by atoms with E-state index in [-0.39, 0.29) is 35.7 Å². The molecule has 0 saturated heterocycles. The average molecular weight is 504 g/mol. The summed E-state index contributed by atoms with van der Waals surface area (Å²) in [5.41, 5.74) is 0.991. The van der Waals surface area contributed by atoms with Gasteiger partial charge < -0.3 is 15.4 Å². The van der Waals surface area contributed by atoms with Crippen LogP contribution in [0.15, 0.2) is 46.8 Å². The highest BCUT2D eigenvalue weighted by molar-refractivity contribution is 14.0. The number of hydrogen-bond donors (Lipinski definition) is 2. The number of guanidine groups is 1. The maximum atomic E-state index is 10.7. The maximum Gasteiger partial charge on any atom is 0.269 e. The van der Waals surface area contributed by atoms with Crippen LogP contribution in [-0.2, 0) is 11.3 Å². The molecule has 27 heavy (non-hydrogen) atoms. The zero-order valence-corrected chi connectivity index (χ0v) is 18.5. The Morgan fingerprint density at radius 3 is 2.63 bits per heavy atom. The first-order valence-electron chi connectivity index (χ1n) is 8.44. The quantitative estimate of drug-likeness (QED) is 0.134. The molecule has 148 valence electrons. The van der Waals surface area contributed by atoms with Crippen LogP contribution in [0.25, 0.3) is 0 Å². The Morgan fingerprint density at radius 2 is 2.07 bits per heavy atom. The van der Waals surface area contributed by atoms with Gasteiger partial charge in [-0.3, -0.25) is 10.1 Å². The van der Waals surface area contributed by atoms with Crippen molar-refractivity contribution >= 4 is 47.0 Å². The molecule has 7 nitrogen and oxygen atoms in total. The summed E-state index contributed by atoms with van der Waals surface area (Å²) in [6.07, 6.45) is 0.934. The summed E-state index contributed by atoms with van der Waals surface area (Å²) in [4.78, 5) is 16.2. The summed E-state index contributed by atoms with van der Waals surface area (Å²) in [6.45, 7) is 3.78. The van der Waals surface area contributed by atoms with Gasteiger partial charge in [0.15, 0.2) is 5.96 Å². The Kier molecular flexibility index (Phi) is 10.9. The van der Waals surface area contributed by atoms with Crippen LogP contribution in [-0.4, -0.2) is 31.1 Å². The first-order chi connectivity index (χ1) is 12.6. The number of nitrogens with zero attached hydrogens (tertiary/aromatic N) is 2. The van der Waals surface area contributed by atoms with Crippen molar-refractivity contribution in [1.29, 1.82) is 0 Å². The Hall–Kier alpha value is -1.72. The van der Waals surface area contributed by atoms with Gasteiger partial charge in [0.2, 0.25) is 0 Å². The molecule has 0 bridgehead atoms. The molecule has 2 rings (SSSR count). The number of rotatable bonds is 9. The van der Waals surface area contributed by atoms with Crippen molar-refractivity contribution in [3.8, 4) is 0 Å². The van der Waals surface area contributed by atoms with E-state index in [1.807, 2.05) is 6.07 Å². The number of nitro benzene ring substituents is 1. The van der Waals surface area contributed by atoms with Crippen LogP contribution in [0.1, 0.15) is 29.8 Å². The number of halogens is 1. The fraction of sp³-hybridized carbons (Fsp3) is 0.389. The summed E-state index contributed by atoms with van der Waals surface area (Å²) in [5, 5.41) is 19.5. The van der Waals surface area contributed by atoms with Crippen LogP contribution in [0, 0.1) is 10.1 Å². The second kappa shape index (κ2) is 12.6. The summed E-state index contributed by atoms with van der Waals surface area (Å²) >= 11 is 1.71. The Bertz CT molecular complexity index is 708. The number of methoxy groups -OCH3 is 1. The number of ether oxygens (including phenoxy) is 1. The van der Waals surface area contributed by atoms with Crippen molar-refractivity contribution in [2.45, 2.75) is 25.9 Å². The van der Waals surface area contributed by atoms with Crippen molar-refractivity contribution in [2.24, 2.45) is 4.99 Å². The number of nitrogens with one attached hydrogen (secondary N) is 2. The van der Waals surface area contributed by atoms with Crippen molar-refractivity contribution in [2.75, 3.05) is 20.3 Å². The third-order valence-corrected chi connectivity index (χ3v) is 4.76. The number of hydrogen-bond acceptors (Lipinski definition) is 5. The number of benzene rings is 1. The standard InChI is InChI=1S/C18H24N4O3S.HI/c1-3-16(17-5-4-12-26-17)21-18(19-10-11-25-2)20-13-14-6-8-15(9-7-14)22(23)24;/h4-9,12,16H,3,10-11,13H2,1-2H3,(H2,19,20,21);1H. The predicted octanol–water partition coefficient (Wildman–Crippen LogP) is 4.11. The van der Waals surface area contributed by atoms with Crippen molar-refractivity contribution in [1.82, 2.24) is 10.6 Å². The Balaban J connectivity index is 0.00000364.